The minimum Gasteiger partial charge on any atom is -0.477 e. The molecule has 0 rings (SSSR count). The molecule has 13 heavy (non-hydrogen) atoms. The fraction of sp³-hybridized carbons (Fsp3) is 0.556. The molecule has 0 aromatic carbocycles. The van der Waals surface area contributed by atoms with Gasteiger partial charge in [-0.2, -0.15) is 0 Å². The Morgan fingerprint density at radius 1 is 1.00 bits per heavy atom. The molecule has 0 atom stereocenters. The lowest BCUT2D eigenvalue weighted by Gasteiger charge is -2.20. The van der Waals surface area contributed by atoms with Crippen LogP contribution in [0.4, 0.5) is 0 Å². The number of carbonyl (C=O) groups is 2. The first-order chi connectivity index (χ1) is 5.68. The summed E-state index contributed by atoms with van der Waals surface area (Å²) in [6, 6.07) is 0. The summed E-state index contributed by atoms with van der Waals surface area (Å²) in [6.07, 6.45) is 0. The Bertz CT molecular complexity index is 252. The van der Waals surface area contributed by atoms with Gasteiger partial charge in [-0.05, 0) is 17.9 Å². The number of hydrogen-bond acceptors (Lipinski definition) is 2. The van der Waals surface area contributed by atoms with Gasteiger partial charge < -0.3 is 10.2 Å². The number of carboxylic acid groups (broad SMARTS) is 2. The minimum absolute atomic E-state index is 0.368. The van der Waals surface area contributed by atoms with Crippen molar-refractivity contribution in [2.45, 2.75) is 27.7 Å². The van der Waals surface area contributed by atoms with E-state index >= 15 is 0 Å². The Morgan fingerprint density at radius 3 is 1.38 bits per heavy atom. The summed E-state index contributed by atoms with van der Waals surface area (Å²) in [7, 11) is 0. The third-order valence-electron chi connectivity index (χ3n) is 1.93. The predicted molar refractivity (Wildman–Crippen MR) is 47.4 cm³/mol. The molecule has 0 saturated carbocycles. The van der Waals surface area contributed by atoms with Crippen molar-refractivity contribution < 1.29 is 19.8 Å². The van der Waals surface area contributed by atoms with Gasteiger partial charge in [0.2, 0.25) is 0 Å². The second-order valence-electron chi connectivity index (χ2n) is 3.86. The summed E-state index contributed by atoms with van der Waals surface area (Å²) < 4.78 is 0. The van der Waals surface area contributed by atoms with E-state index in [9.17, 15) is 9.59 Å². The standard InChI is InChI=1S/C9H14O4/c1-5(9(2,3)4)6(7(10)11)8(12)13/h1-4H3,(H,10,11)(H,12,13). The first kappa shape index (κ1) is 11.7. The number of aliphatic carboxylic acids is 2. The number of hydrogen-bond donors (Lipinski definition) is 2. The fourth-order valence-corrected chi connectivity index (χ4v) is 0.787. The minimum atomic E-state index is -1.39. The van der Waals surface area contributed by atoms with Crippen LogP contribution in [-0.4, -0.2) is 22.2 Å². The van der Waals surface area contributed by atoms with Crippen LogP contribution in [0.3, 0.4) is 0 Å². The zero-order valence-corrected chi connectivity index (χ0v) is 8.21. The third kappa shape index (κ3) is 2.89. The van der Waals surface area contributed by atoms with Gasteiger partial charge in [-0.1, -0.05) is 20.8 Å². The van der Waals surface area contributed by atoms with E-state index in [0.717, 1.165) is 0 Å². The molecular weight excluding hydrogens is 172 g/mol. The maximum atomic E-state index is 10.6. The fourth-order valence-electron chi connectivity index (χ4n) is 0.787. The van der Waals surface area contributed by atoms with Crippen LogP contribution in [0.1, 0.15) is 27.7 Å². The van der Waals surface area contributed by atoms with Crippen LogP contribution in [0, 0.1) is 5.41 Å². The van der Waals surface area contributed by atoms with Crippen molar-refractivity contribution in [3.05, 3.63) is 11.1 Å². The van der Waals surface area contributed by atoms with E-state index in [2.05, 4.69) is 0 Å². The Labute approximate surface area is 76.9 Å². The molecule has 0 bridgehead atoms. The van der Waals surface area contributed by atoms with Crippen LogP contribution in [0.25, 0.3) is 0 Å². The van der Waals surface area contributed by atoms with E-state index in [-0.39, 0.29) is 0 Å². The molecule has 0 unspecified atom stereocenters. The topological polar surface area (TPSA) is 74.6 Å². The average molecular weight is 186 g/mol. The Kier molecular flexibility index (Phi) is 3.23. The first-order valence-electron chi connectivity index (χ1n) is 3.86. The highest BCUT2D eigenvalue weighted by molar-refractivity contribution is 6.13. The van der Waals surface area contributed by atoms with Crippen molar-refractivity contribution in [3.63, 3.8) is 0 Å². The predicted octanol–water partition coefficient (Wildman–Crippen LogP) is 1.52. The van der Waals surface area contributed by atoms with Crippen molar-refractivity contribution in [1.82, 2.24) is 0 Å². The van der Waals surface area contributed by atoms with Crippen LogP contribution in [-0.2, 0) is 9.59 Å². The molecular formula is C9H14O4. The largest absolute Gasteiger partial charge is 0.477 e. The maximum Gasteiger partial charge on any atom is 0.343 e. The molecule has 74 valence electrons. The zero-order chi connectivity index (χ0) is 10.8. The summed E-state index contributed by atoms with van der Waals surface area (Å²) in [5.41, 5.74) is -0.605. The lowest BCUT2D eigenvalue weighted by Crippen LogP contribution is -2.19. The highest BCUT2D eigenvalue weighted by Crippen LogP contribution is 2.27. The van der Waals surface area contributed by atoms with Crippen molar-refractivity contribution in [3.8, 4) is 0 Å². The normalized spacial score (nSPS) is 10.8. The Morgan fingerprint density at radius 2 is 1.31 bits per heavy atom. The number of rotatable bonds is 2. The van der Waals surface area contributed by atoms with Gasteiger partial charge in [0.05, 0.1) is 0 Å². The third-order valence-corrected chi connectivity index (χ3v) is 1.93. The van der Waals surface area contributed by atoms with Crippen LogP contribution in [0.15, 0.2) is 11.1 Å². The van der Waals surface area contributed by atoms with Crippen molar-refractivity contribution in [2.24, 2.45) is 5.41 Å². The smallest absolute Gasteiger partial charge is 0.343 e. The molecule has 0 aromatic heterocycles. The highest BCUT2D eigenvalue weighted by atomic mass is 16.4. The quantitative estimate of drug-likeness (QED) is 0.389. The lowest BCUT2D eigenvalue weighted by atomic mass is 9.84. The second-order valence-corrected chi connectivity index (χ2v) is 3.86. The molecule has 0 aliphatic rings. The van der Waals surface area contributed by atoms with Crippen LogP contribution in [0.5, 0.6) is 0 Å². The van der Waals surface area contributed by atoms with Crippen LogP contribution < -0.4 is 0 Å². The van der Waals surface area contributed by atoms with E-state index in [1.165, 1.54) is 6.92 Å². The molecule has 0 spiro atoms. The molecule has 0 aromatic rings. The molecule has 0 amide bonds. The van der Waals surface area contributed by atoms with Gasteiger partial charge in [-0.3, -0.25) is 0 Å². The molecule has 0 heterocycles. The van der Waals surface area contributed by atoms with Gasteiger partial charge in [-0.15, -0.1) is 0 Å². The van der Waals surface area contributed by atoms with E-state index < -0.39 is 22.9 Å². The van der Waals surface area contributed by atoms with Crippen LogP contribution in [0.2, 0.25) is 0 Å². The molecule has 2 N–H and O–H groups in total. The zero-order valence-electron chi connectivity index (χ0n) is 8.21. The Balaban J connectivity index is 5.36. The monoisotopic (exact) mass is 186 g/mol. The highest BCUT2D eigenvalue weighted by Gasteiger charge is 2.26. The second kappa shape index (κ2) is 3.60. The molecule has 4 nitrogen and oxygen atoms in total. The average Bonchev–Trinajstić information content (AvgIpc) is 1.82. The molecule has 0 radical (unpaired) electrons. The SMILES string of the molecule is CC(=C(C(=O)O)C(=O)O)C(C)(C)C. The summed E-state index contributed by atoms with van der Waals surface area (Å²) in [6.45, 7) is 6.84. The molecule has 4 heteroatoms. The summed E-state index contributed by atoms with van der Waals surface area (Å²) in [5.74, 6) is -2.78. The molecule has 0 fully saturated rings. The first-order valence-corrected chi connectivity index (χ1v) is 3.86. The Hall–Kier alpha value is -1.32. The van der Waals surface area contributed by atoms with Gasteiger partial charge >= 0.3 is 11.9 Å². The number of allylic oxidation sites excluding steroid dienone is 1. The molecule has 0 saturated heterocycles. The van der Waals surface area contributed by atoms with E-state index in [1.807, 2.05) is 0 Å². The van der Waals surface area contributed by atoms with Crippen LogP contribution >= 0.6 is 0 Å². The van der Waals surface area contributed by atoms with Gasteiger partial charge in [-0.25, -0.2) is 9.59 Å². The number of carboxylic acids is 2. The summed E-state index contributed by atoms with van der Waals surface area (Å²) in [4.78, 5) is 21.2. The van der Waals surface area contributed by atoms with Gasteiger partial charge in [0.1, 0.15) is 5.57 Å². The molecule has 0 aliphatic carbocycles. The van der Waals surface area contributed by atoms with Crippen molar-refractivity contribution >= 4 is 11.9 Å². The summed E-state index contributed by atoms with van der Waals surface area (Å²) >= 11 is 0. The van der Waals surface area contributed by atoms with Crippen molar-refractivity contribution in [2.75, 3.05) is 0 Å². The van der Waals surface area contributed by atoms with Gasteiger partial charge in [0.15, 0.2) is 0 Å². The van der Waals surface area contributed by atoms with Crippen molar-refractivity contribution in [1.29, 1.82) is 0 Å². The maximum absolute atomic E-state index is 10.6. The lowest BCUT2D eigenvalue weighted by molar-refractivity contribution is -0.140. The molecule has 0 aliphatic heterocycles. The van der Waals surface area contributed by atoms with E-state index in [4.69, 9.17) is 10.2 Å². The van der Waals surface area contributed by atoms with Gasteiger partial charge in [0.25, 0.3) is 0 Å². The van der Waals surface area contributed by atoms with E-state index in [0.29, 0.717) is 5.57 Å². The van der Waals surface area contributed by atoms with E-state index in [1.54, 1.807) is 20.8 Å². The van der Waals surface area contributed by atoms with Gasteiger partial charge in [0, 0.05) is 0 Å². The summed E-state index contributed by atoms with van der Waals surface area (Å²) in [5, 5.41) is 17.3.